The number of hydrogen-bond donors (Lipinski definition) is 0. The summed E-state index contributed by atoms with van der Waals surface area (Å²) in [4.78, 5) is 5.49. The standard InChI is InChI=1S/C54H52N2/c1-35-19-23-37(24-20-35)53-45-29-27-44(56-51-17-9-5-13-41(51)32-42-14-6-10-18-52(42)56)34-48(45)54(38-25-21-36(2)22-26-38)46-30-28-43(33-47(46)53)55-49-15-7-3-11-39(49)31-40-12-4-8-16-50(40)55/h3,5,7,9,11,13,15,17,19-30,33-34,40,42,50,52H,4,6,8,10,12,14,16,18,31-32H2,1-2H3. The number of rotatable bonds is 4. The minimum atomic E-state index is 0.537. The van der Waals surface area contributed by atoms with Crippen molar-refractivity contribution in [2.45, 2.75) is 90.1 Å². The lowest BCUT2D eigenvalue weighted by Gasteiger charge is -2.46. The summed E-state index contributed by atoms with van der Waals surface area (Å²) in [5.41, 5.74) is 16.3. The van der Waals surface area contributed by atoms with Crippen molar-refractivity contribution in [2.75, 3.05) is 9.80 Å². The Morgan fingerprint density at radius 3 is 1.27 bits per heavy atom. The third kappa shape index (κ3) is 5.59. The highest BCUT2D eigenvalue weighted by atomic mass is 15.2. The SMILES string of the molecule is Cc1ccc(-c2c3ccc(N4c5ccccc5CC5CCCCC54)cc3c(-c3ccc(C)cc3)c3ccc(N4c5ccccc5CC5CCCCC54)cc23)cc1. The number of nitrogens with zero attached hydrogens (tertiary/aromatic N) is 2. The molecule has 0 N–H and O–H groups in total. The van der Waals surface area contributed by atoms with Gasteiger partial charge in [0.1, 0.15) is 0 Å². The first-order valence-electron chi connectivity index (χ1n) is 21.5. The van der Waals surface area contributed by atoms with Crippen molar-refractivity contribution >= 4 is 44.3 Å². The minimum absolute atomic E-state index is 0.537. The van der Waals surface area contributed by atoms with Crippen LogP contribution in [0.4, 0.5) is 22.7 Å². The third-order valence-electron chi connectivity index (χ3n) is 14.2. The van der Waals surface area contributed by atoms with Crippen molar-refractivity contribution in [3.8, 4) is 22.3 Å². The van der Waals surface area contributed by atoms with E-state index in [1.165, 1.54) is 153 Å². The predicted molar refractivity (Wildman–Crippen MR) is 238 cm³/mol. The molecule has 0 aromatic heterocycles. The first-order valence-corrected chi connectivity index (χ1v) is 21.5. The molecule has 0 spiro atoms. The van der Waals surface area contributed by atoms with E-state index in [4.69, 9.17) is 0 Å². The maximum Gasteiger partial charge on any atom is 0.0446 e. The summed E-state index contributed by atoms with van der Waals surface area (Å²) in [6.07, 6.45) is 12.9. The molecular weight excluding hydrogens is 677 g/mol. The molecule has 2 nitrogen and oxygen atoms in total. The van der Waals surface area contributed by atoms with E-state index in [0.717, 1.165) is 0 Å². The van der Waals surface area contributed by atoms with E-state index in [9.17, 15) is 0 Å². The van der Waals surface area contributed by atoms with Crippen molar-refractivity contribution in [3.05, 3.63) is 156 Å². The molecule has 4 aliphatic rings. The first-order chi connectivity index (χ1) is 27.6. The molecule has 56 heavy (non-hydrogen) atoms. The van der Waals surface area contributed by atoms with Crippen LogP contribution in [0.5, 0.6) is 0 Å². The summed E-state index contributed by atoms with van der Waals surface area (Å²) in [5, 5.41) is 5.34. The molecule has 2 aliphatic heterocycles. The summed E-state index contributed by atoms with van der Waals surface area (Å²) < 4.78 is 0. The van der Waals surface area contributed by atoms with Gasteiger partial charge in [-0.05, 0) is 156 Å². The Balaban J connectivity index is 1.20. The summed E-state index contributed by atoms with van der Waals surface area (Å²) in [7, 11) is 0. The number of anilines is 4. The number of hydrogen-bond acceptors (Lipinski definition) is 2. The lowest BCUT2D eigenvalue weighted by atomic mass is 9.76. The second-order valence-corrected chi connectivity index (χ2v) is 17.6. The molecule has 0 saturated heterocycles. The zero-order valence-electron chi connectivity index (χ0n) is 33.0. The number of fused-ring (bicyclic) bond motifs is 6. The van der Waals surface area contributed by atoms with Crippen molar-refractivity contribution in [1.29, 1.82) is 0 Å². The molecule has 278 valence electrons. The van der Waals surface area contributed by atoms with Gasteiger partial charge in [-0.3, -0.25) is 0 Å². The second kappa shape index (κ2) is 13.7. The van der Waals surface area contributed by atoms with E-state index in [1.54, 1.807) is 0 Å². The normalized spacial score (nSPS) is 21.7. The van der Waals surface area contributed by atoms with Gasteiger partial charge in [0.25, 0.3) is 0 Å². The molecule has 2 fully saturated rings. The maximum atomic E-state index is 2.74. The topological polar surface area (TPSA) is 6.48 Å². The smallest absolute Gasteiger partial charge is 0.0446 e. The average Bonchev–Trinajstić information content (AvgIpc) is 3.24. The minimum Gasteiger partial charge on any atom is -0.338 e. The quantitative estimate of drug-likeness (QED) is 0.167. The average molecular weight is 729 g/mol. The zero-order valence-corrected chi connectivity index (χ0v) is 33.0. The molecular formula is C54H52N2. The van der Waals surface area contributed by atoms with Gasteiger partial charge in [0.05, 0.1) is 0 Å². The van der Waals surface area contributed by atoms with Crippen LogP contribution in [-0.2, 0) is 12.8 Å². The van der Waals surface area contributed by atoms with Gasteiger partial charge in [-0.1, -0.05) is 134 Å². The van der Waals surface area contributed by atoms with Crippen LogP contribution in [0.2, 0.25) is 0 Å². The van der Waals surface area contributed by atoms with Gasteiger partial charge >= 0.3 is 0 Å². The van der Waals surface area contributed by atoms with Crippen LogP contribution < -0.4 is 9.80 Å². The molecule has 0 radical (unpaired) electrons. The lowest BCUT2D eigenvalue weighted by Crippen LogP contribution is -2.44. The fourth-order valence-electron chi connectivity index (χ4n) is 11.5. The Hall–Kier alpha value is -5.34. The van der Waals surface area contributed by atoms with Crippen LogP contribution in [0.1, 0.15) is 73.6 Å². The third-order valence-corrected chi connectivity index (χ3v) is 14.2. The molecule has 2 saturated carbocycles. The molecule has 2 aliphatic carbocycles. The molecule has 0 amide bonds. The van der Waals surface area contributed by atoms with Crippen LogP contribution >= 0.6 is 0 Å². The molecule has 7 aromatic rings. The van der Waals surface area contributed by atoms with Crippen LogP contribution in [0, 0.1) is 25.7 Å². The first kappa shape index (κ1) is 34.0. The molecule has 0 bridgehead atoms. The Labute approximate surface area is 332 Å². The van der Waals surface area contributed by atoms with Gasteiger partial charge in [-0.2, -0.15) is 0 Å². The number of benzene rings is 7. The monoisotopic (exact) mass is 728 g/mol. The van der Waals surface area contributed by atoms with Crippen LogP contribution in [-0.4, -0.2) is 12.1 Å². The Morgan fingerprint density at radius 2 is 0.821 bits per heavy atom. The number of para-hydroxylation sites is 2. The van der Waals surface area contributed by atoms with E-state index in [1.807, 2.05) is 0 Å². The fraction of sp³-hybridized carbons (Fsp3) is 0.296. The van der Waals surface area contributed by atoms with Crippen molar-refractivity contribution in [2.24, 2.45) is 11.8 Å². The van der Waals surface area contributed by atoms with Crippen LogP contribution in [0.3, 0.4) is 0 Å². The van der Waals surface area contributed by atoms with Crippen LogP contribution in [0.15, 0.2) is 133 Å². The van der Waals surface area contributed by atoms with E-state index >= 15 is 0 Å². The summed E-state index contributed by atoms with van der Waals surface area (Å²) in [6.45, 7) is 4.41. The fourth-order valence-corrected chi connectivity index (χ4v) is 11.5. The molecule has 2 heterocycles. The molecule has 2 heteroatoms. The van der Waals surface area contributed by atoms with Gasteiger partial charge in [0.15, 0.2) is 0 Å². The van der Waals surface area contributed by atoms with E-state index in [-0.39, 0.29) is 0 Å². The molecule has 4 unspecified atom stereocenters. The second-order valence-electron chi connectivity index (χ2n) is 17.6. The Morgan fingerprint density at radius 1 is 0.411 bits per heavy atom. The van der Waals surface area contributed by atoms with Gasteiger partial charge in [0.2, 0.25) is 0 Å². The highest BCUT2D eigenvalue weighted by Gasteiger charge is 2.38. The zero-order chi connectivity index (χ0) is 37.3. The molecule has 7 aromatic carbocycles. The van der Waals surface area contributed by atoms with Gasteiger partial charge in [0, 0.05) is 34.8 Å². The van der Waals surface area contributed by atoms with Gasteiger partial charge in [-0.25, -0.2) is 0 Å². The van der Waals surface area contributed by atoms with Gasteiger partial charge in [-0.15, -0.1) is 0 Å². The largest absolute Gasteiger partial charge is 0.338 e. The number of aryl methyl sites for hydroxylation is 2. The van der Waals surface area contributed by atoms with Crippen molar-refractivity contribution in [3.63, 3.8) is 0 Å². The van der Waals surface area contributed by atoms with E-state index < -0.39 is 0 Å². The summed E-state index contributed by atoms with van der Waals surface area (Å²) >= 11 is 0. The summed E-state index contributed by atoms with van der Waals surface area (Å²) in [6, 6.07) is 53.1. The highest BCUT2D eigenvalue weighted by molar-refractivity contribution is 6.22. The highest BCUT2D eigenvalue weighted by Crippen LogP contribution is 2.51. The maximum absolute atomic E-state index is 2.74. The van der Waals surface area contributed by atoms with Crippen LogP contribution in [0.25, 0.3) is 43.8 Å². The van der Waals surface area contributed by atoms with Gasteiger partial charge < -0.3 is 9.80 Å². The predicted octanol–water partition coefficient (Wildman–Crippen LogP) is 14.4. The Kier molecular flexibility index (Phi) is 8.30. The lowest BCUT2D eigenvalue weighted by molar-refractivity contribution is 0.293. The van der Waals surface area contributed by atoms with E-state index in [0.29, 0.717) is 23.9 Å². The van der Waals surface area contributed by atoms with Crippen molar-refractivity contribution in [1.82, 2.24) is 0 Å². The van der Waals surface area contributed by atoms with Crippen molar-refractivity contribution < 1.29 is 0 Å². The Bertz CT molecular complexity index is 2420. The van der Waals surface area contributed by atoms with E-state index in [2.05, 4.69) is 157 Å². The molecule has 11 rings (SSSR count). The summed E-state index contributed by atoms with van der Waals surface area (Å²) in [5.74, 6) is 1.40. The molecule has 4 atom stereocenters.